The third-order valence-corrected chi connectivity index (χ3v) is 4.35. The van der Waals surface area contributed by atoms with Crippen LogP contribution in [-0.4, -0.2) is 23.2 Å². The van der Waals surface area contributed by atoms with Gasteiger partial charge in [0, 0.05) is 18.1 Å². The molecule has 0 amide bonds. The van der Waals surface area contributed by atoms with Gasteiger partial charge in [-0.15, -0.1) is 11.3 Å². The highest BCUT2D eigenvalue weighted by Gasteiger charge is 2.20. The Balaban J connectivity index is 2.17. The van der Waals surface area contributed by atoms with Crippen molar-refractivity contribution in [3.05, 3.63) is 22.8 Å². The van der Waals surface area contributed by atoms with Crippen LogP contribution in [0.5, 0.6) is 0 Å². The quantitative estimate of drug-likeness (QED) is 0.829. The van der Waals surface area contributed by atoms with Crippen LogP contribution < -0.4 is 10.5 Å². The lowest BCUT2D eigenvalue weighted by atomic mass is 10.5. The number of nitrogen functional groups attached to an aromatic ring is 1. The number of hydrogen-bond acceptors (Lipinski definition) is 6. The van der Waals surface area contributed by atoms with Gasteiger partial charge in [0.2, 0.25) is 10.0 Å². The second-order valence-electron chi connectivity index (χ2n) is 3.54. The summed E-state index contributed by atoms with van der Waals surface area (Å²) in [6, 6.07) is 0. The number of thiazole rings is 1. The molecule has 0 bridgehead atoms. The van der Waals surface area contributed by atoms with Gasteiger partial charge < -0.3 is 5.73 Å². The second-order valence-corrected chi connectivity index (χ2v) is 5.99. The first-order valence-electron chi connectivity index (χ1n) is 5.22. The van der Waals surface area contributed by atoms with Gasteiger partial charge in [-0.1, -0.05) is 0 Å². The standard InChI is InChI=1S/C9H13N5O2S2/c1-2-14-4-8(9(10)13-14)18(15,16)12-3-7-5-17-6-11-7/h4-6,12H,2-3H2,1H3,(H2,10,13). The van der Waals surface area contributed by atoms with Gasteiger partial charge >= 0.3 is 0 Å². The Morgan fingerprint density at radius 3 is 2.89 bits per heavy atom. The van der Waals surface area contributed by atoms with Crippen molar-refractivity contribution in [3.63, 3.8) is 0 Å². The van der Waals surface area contributed by atoms with Crippen molar-refractivity contribution < 1.29 is 8.42 Å². The van der Waals surface area contributed by atoms with Crippen LogP contribution in [0.2, 0.25) is 0 Å². The van der Waals surface area contributed by atoms with Crippen LogP contribution in [0.1, 0.15) is 12.6 Å². The number of sulfonamides is 1. The number of nitrogens with zero attached hydrogens (tertiary/aromatic N) is 3. The number of nitrogens with one attached hydrogen (secondary N) is 1. The molecule has 9 heteroatoms. The van der Waals surface area contributed by atoms with Gasteiger partial charge in [0.25, 0.3) is 0 Å². The molecule has 0 fully saturated rings. The number of rotatable bonds is 5. The molecule has 2 rings (SSSR count). The van der Waals surface area contributed by atoms with Crippen LogP contribution in [0.3, 0.4) is 0 Å². The van der Waals surface area contributed by atoms with Gasteiger partial charge in [0.1, 0.15) is 4.90 Å². The number of hydrogen-bond donors (Lipinski definition) is 2. The van der Waals surface area contributed by atoms with Crippen LogP contribution >= 0.6 is 11.3 Å². The van der Waals surface area contributed by atoms with Crippen LogP contribution in [0.25, 0.3) is 0 Å². The van der Waals surface area contributed by atoms with E-state index in [9.17, 15) is 8.42 Å². The largest absolute Gasteiger partial charge is 0.381 e. The number of aromatic nitrogens is 3. The molecule has 0 aliphatic heterocycles. The van der Waals surface area contributed by atoms with Crippen LogP contribution in [-0.2, 0) is 23.1 Å². The molecule has 0 saturated carbocycles. The molecular formula is C9H13N5O2S2. The maximum absolute atomic E-state index is 12.0. The Labute approximate surface area is 109 Å². The Morgan fingerprint density at radius 1 is 1.56 bits per heavy atom. The van der Waals surface area contributed by atoms with E-state index >= 15 is 0 Å². The van der Waals surface area contributed by atoms with Gasteiger partial charge in [-0.3, -0.25) is 4.68 Å². The predicted molar refractivity (Wildman–Crippen MR) is 68.5 cm³/mol. The van der Waals surface area contributed by atoms with Crippen molar-refractivity contribution in [2.24, 2.45) is 0 Å². The van der Waals surface area contributed by atoms with Gasteiger partial charge in [-0.2, -0.15) is 5.10 Å². The van der Waals surface area contributed by atoms with E-state index in [1.54, 1.807) is 10.9 Å². The summed E-state index contributed by atoms with van der Waals surface area (Å²) in [5, 5.41) is 5.68. The SMILES string of the molecule is CCn1cc(S(=O)(=O)NCc2cscn2)c(N)n1. The summed E-state index contributed by atoms with van der Waals surface area (Å²) in [6.45, 7) is 2.56. The summed E-state index contributed by atoms with van der Waals surface area (Å²) >= 11 is 1.41. The Bertz CT molecular complexity index is 617. The van der Waals surface area contributed by atoms with E-state index in [4.69, 9.17) is 5.73 Å². The van der Waals surface area contributed by atoms with E-state index in [1.807, 2.05) is 6.92 Å². The van der Waals surface area contributed by atoms with Crippen molar-refractivity contribution in [1.82, 2.24) is 19.5 Å². The van der Waals surface area contributed by atoms with Gasteiger partial charge in [0.15, 0.2) is 5.82 Å². The van der Waals surface area contributed by atoms with Crippen LogP contribution in [0.4, 0.5) is 5.82 Å². The lowest BCUT2D eigenvalue weighted by Crippen LogP contribution is -2.23. The molecule has 2 aromatic heterocycles. The van der Waals surface area contributed by atoms with E-state index in [2.05, 4.69) is 14.8 Å². The van der Waals surface area contributed by atoms with Gasteiger partial charge in [0.05, 0.1) is 17.7 Å². The molecule has 0 aliphatic carbocycles. The molecule has 98 valence electrons. The molecule has 2 heterocycles. The minimum Gasteiger partial charge on any atom is -0.381 e. The Kier molecular flexibility index (Phi) is 3.64. The lowest BCUT2D eigenvalue weighted by molar-refractivity contribution is 0.580. The fourth-order valence-corrected chi connectivity index (χ4v) is 2.99. The fourth-order valence-electron chi connectivity index (χ4n) is 1.36. The Morgan fingerprint density at radius 2 is 2.33 bits per heavy atom. The normalized spacial score (nSPS) is 11.8. The molecule has 18 heavy (non-hydrogen) atoms. The first kappa shape index (κ1) is 13.0. The highest BCUT2D eigenvalue weighted by Crippen LogP contribution is 2.16. The van der Waals surface area contributed by atoms with Crippen LogP contribution in [0.15, 0.2) is 22.0 Å². The molecule has 0 unspecified atom stereocenters. The van der Waals surface area contributed by atoms with Crippen molar-refractivity contribution in [1.29, 1.82) is 0 Å². The molecular weight excluding hydrogens is 274 g/mol. The summed E-state index contributed by atoms with van der Waals surface area (Å²) in [4.78, 5) is 4.00. The summed E-state index contributed by atoms with van der Waals surface area (Å²) in [5.74, 6) is 0.00243. The monoisotopic (exact) mass is 287 g/mol. The number of nitrogens with two attached hydrogens (primary N) is 1. The molecule has 0 radical (unpaired) electrons. The molecule has 3 N–H and O–H groups in total. The van der Waals surface area contributed by atoms with Crippen molar-refractivity contribution in [2.45, 2.75) is 24.9 Å². The number of anilines is 1. The minimum atomic E-state index is -3.65. The Hall–Kier alpha value is -1.45. The van der Waals surface area contributed by atoms with E-state index in [0.29, 0.717) is 12.2 Å². The van der Waals surface area contributed by atoms with E-state index < -0.39 is 10.0 Å². The third kappa shape index (κ3) is 2.68. The molecule has 7 nitrogen and oxygen atoms in total. The zero-order valence-electron chi connectivity index (χ0n) is 9.70. The first-order chi connectivity index (χ1) is 8.53. The lowest BCUT2D eigenvalue weighted by Gasteiger charge is -2.03. The highest BCUT2D eigenvalue weighted by atomic mass is 32.2. The average Bonchev–Trinajstić information content (AvgIpc) is 2.95. The molecule has 0 aliphatic rings. The van der Waals surface area contributed by atoms with Crippen molar-refractivity contribution in [3.8, 4) is 0 Å². The van der Waals surface area contributed by atoms with Gasteiger partial charge in [-0.05, 0) is 6.92 Å². The van der Waals surface area contributed by atoms with E-state index in [-0.39, 0.29) is 17.3 Å². The van der Waals surface area contributed by atoms with E-state index in [0.717, 1.165) is 0 Å². The average molecular weight is 287 g/mol. The topological polar surface area (TPSA) is 103 Å². The molecule has 0 saturated heterocycles. The summed E-state index contributed by atoms with van der Waals surface area (Å²) in [6.07, 6.45) is 1.42. The molecule has 0 spiro atoms. The maximum Gasteiger partial charge on any atom is 0.246 e. The van der Waals surface area contributed by atoms with Gasteiger partial charge in [-0.25, -0.2) is 18.1 Å². The van der Waals surface area contributed by atoms with E-state index in [1.165, 1.54) is 22.2 Å². The van der Waals surface area contributed by atoms with Crippen LogP contribution in [0, 0.1) is 0 Å². The summed E-state index contributed by atoms with van der Waals surface area (Å²) < 4.78 is 27.9. The van der Waals surface area contributed by atoms with Crippen molar-refractivity contribution >= 4 is 27.2 Å². The number of aryl methyl sites for hydroxylation is 1. The summed E-state index contributed by atoms with van der Waals surface area (Å²) in [5.41, 5.74) is 7.90. The maximum atomic E-state index is 12.0. The van der Waals surface area contributed by atoms with Crippen molar-refractivity contribution in [2.75, 3.05) is 5.73 Å². The first-order valence-corrected chi connectivity index (χ1v) is 7.65. The fraction of sp³-hybridized carbons (Fsp3) is 0.333. The minimum absolute atomic E-state index is 0.000389. The third-order valence-electron chi connectivity index (χ3n) is 2.30. The molecule has 0 atom stereocenters. The second kappa shape index (κ2) is 5.04. The predicted octanol–water partition coefficient (Wildman–Crippen LogP) is 0.420. The summed E-state index contributed by atoms with van der Waals surface area (Å²) in [7, 11) is -3.65. The smallest absolute Gasteiger partial charge is 0.246 e. The highest BCUT2D eigenvalue weighted by molar-refractivity contribution is 7.89. The molecule has 0 aromatic carbocycles. The zero-order chi connectivity index (χ0) is 13.2. The zero-order valence-corrected chi connectivity index (χ0v) is 11.3. The molecule has 2 aromatic rings.